The van der Waals surface area contributed by atoms with Crippen molar-refractivity contribution >= 4 is 10.0 Å². The van der Waals surface area contributed by atoms with Crippen LogP contribution in [0.2, 0.25) is 0 Å². The van der Waals surface area contributed by atoms with E-state index in [9.17, 15) is 13.7 Å². The Bertz CT molecular complexity index is 629. The van der Waals surface area contributed by atoms with Gasteiger partial charge in [0.25, 0.3) is 0 Å². The summed E-state index contributed by atoms with van der Waals surface area (Å²) in [5, 5.41) is 9.50. The predicted molar refractivity (Wildman–Crippen MR) is 82.1 cm³/mol. The van der Waals surface area contributed by atoms with Crippen molar-refractivity contribution < 1.29 is 8.42 Å². The molecule has 114 valence electrons. The summed E-state index contributed by atoms with van der Waals surface area (Å²) in [6.07, 6.45) is 0. The zero-order chi connectivity index (χ0) is 15.5. The van der Waals surface area contributed by atoms with Gasteiger partial charge in [-0.1, -0.05) is 24.3 Å². The molecule has 1 fully saturated rings. The van der Waals surface area contributed by atoms with Gasteiger partial charge >= 0.3 is 0 Å². The van der Waals surface area contributed by atoms with E-state index in [0.29, 0.717) is 26.2 Å². The first-order valence-electron chi connectivity index (χ1n) is 7.16. The number of hydrogen-bond acceptors (Lipinski definition) is 4. The second kappa shape index (κ2) is 6.56. The van der Waals surface area contributed by atoms with Crippen LogP contribution in [0.15, 0.2) is 24.3 Å². The van der Waals surface area contributed by atoms with Gasteiger partial charge in [-0.25, -0.2) is 8.42 Å². The molecule has 2 rings (SSSR count). The van der Waals surface area contributed by atoms with E-state index in [4.69, 9.17) is 0 Å². The van der Waals surface area contributed by atoms with E-state index in [1.165, 1.54) is 4.31 Å². The summed E-state index contributed by atoms with van der Waals surface area (Å²) >= 11 is 0. The first-order chi connectivity index (χ1) is 9.99. The third-order valence-corrected chi connectivity index (χ3v) is 5.88. The molecule has 0 bridgehead atoms. The molecule has 0 aliphatic carbocycles. The van der Waals surface area contributed by atoms with Crippen molar-refractivity contribution in [1.29, 1.82) is 5.26 Å². The van der Waals surface area contributed by atoms with Crippen LogP contribution < -0.4 is 0 Å². The molecule has 1 aliphatic rings. The number of nitriles is 1. The topological polar surface area (TPSA) is 64.4 Å². The Morgan fingerprint density at radius 3 is 2.38 bits per heavy atom. The van der Waals surface area contributed by atoms with E-state index in [1.807, 2.05) is 31.2 Å². The van der Waals surface area contributed by atoms with Crippen molar-refractivity contribution in [2.24, 2.45) is 0 Å². The number of nitrogens with zero attached hydrogens (tertiary/aromatic N) is 3. The van der Waals surface area contributed by atoms with Crippen molar-refractivity contribution in [3.05, 3.63) is 35.4 Å². The lowest BCUT2D eigenvalue weighted by molar-refractivity contribution is 0.162. The van der Waals surface area contributed by atoms with Gasteiger partial charge in [0.1, 0.15) is 6.04 Å². The number of sulfonamides is 1. The fourth-order valence-electron chi connectivity index (χ4n) is 2.66. The van der Waals surface area contributed by atoms with Crippen LogP contribution in [0, 0.1) is 18.3 Å². The highest BCUT2D eigenvalue weighted by Crippen LogP contribution is 2.24. The van der Waals surface area contributed by atoms with Crippen LogP contribution in [0.4, 0.5) is 0 Å². The molecule has 1 aromatic carbocycles. The van der Waals surface area contributed by atoms with Gasteiger partial charge in [-0.15, -0.1) is 0 Å². The molecule has 0 saturated carbocycles. The van der Waals surface area contributed by atoms with Crippen molar-refractivity contribution in [3.63, 3.8) is 0 Å². The molecule has 1 unspecified atom stereocenters. The summed E-state index contributed by atoms with van der Waals surface area (Å²) in [5.74, 6) is 0.131. The average molecular weight is 307 g/mol. The largest absolute Gasteiger partial charge is 0.282 e. The normalized spacial score (nSPS) is 19.1. The molecule has 0 amide bonds. The summed E-state index contributed by atoms with van der Waals surface area (Å²) in [6, 6.07) is 9.91. The molecule has 21 heavy (non-hydrogen) atoms. The van der Waals surface area contributed by atoms with E-state index < -0.39 is 10.0 Å². The predicted octanol–water partition coefficient (Wildman–Crippen LogP) is 1.53. The Balaban J connectivity index is 2.11. The van der Waals surface area contributed by atoms with Gasteiger partial charge in [0.2, 0.25) is 10.0 Å². The summed E-state index contributed by atoms with van der Waals surface area (Å²) in [4.78, 5) is 2.06. The molecular weight excluding hydrogens is 286 g/mol. The van der Waals surface area contributed by atoms with Crippen LogP contribution in [0.5, 0.6) is 0 Å². The van der Waals surface area contributed by atoms with Crippen molar-refractivity contribution in [3.8, 4) is 6.07 Å². The quantitative estimate of drug-likeness (QED) is 0.846. The highest BCUT2D eigenvalue weighted by molar-refractivity contribution is 7.89. The lowest BCUT2D eigenvalue weighted by atomic mass is 10.0. The van der Waals surface area contributed by atoms with Gasteiger partial charge in [-0.05, 0) is 25.0 Å². The average Bonchev–Trinajstić information content (AvgIpc) is 2.50. The minimum Gasteiger partial charge on any atom is -0.282 e. The maximum absolute atomic E-state index is 11.9. The number of rotatable bonds is 4. The standard InChI is InChI=1S/C15H21N3O2S/c1-3-21(19,20)18-10-8-17(9-11-18)15(12-16)14-7-5-4-6-13(14)2/h4-7,15H,3,8-11H2,1-2H3. The smallest absolute Gasteiger partial charge is 0.213 e. The number of piperazine rings is 1. The Morgan fingerprint density at radius 1 is 1.24 bits per heavy atom. The van der Waals surface area contributed by atoms with Crippen LogP contribution in [0.25, 0.3) is 0 Å². The molecule has 0 N–H and O–H groups in total. The zero-order valence-corrected chi connectivity index (χ0v) is 13.3. The van der Waals surface area contributed by atoms with Gasteiger partial charge in [-0.2, -0.15) is 9.57 Å². The maximum atomic E-state index is 11.9. The van der Waals surface area contributed by atoms with Crippen LogP contribution >= 0.6 is 0 Å². The molecular formula is C15H21N3O2S. The summed E-state index contributed by atoms with van der Waals surface area (Å²) in [7, 11) is -3.13. The Morgan fingerprint density at radius 2 is 1.86 bits per heavy atom. The fraction of sp³-hybridized carbons (Fsp3) is 0.533. The molecule has 1 atom stereocenters. The fourth-order valence-corrected chi connectivity index (χ4v) is 3.75. The van der Waals surface area contributed by atoms with Gasteiger partial charge in [0.15, 0.2) is 0 Å². The van der Waals surface area contributed by atoms with Gasteiger partial charge in [0.05, 0.1) is 11.8 Å². The third kappa shape index (κ3) is 3.43. The first kappa shape index (κ1) is 16.0. The van der Waals surface area contributed by atoms with Crippen LogP contribution in [-0.4, -0.2) is 49.6 Å². The zero-order valence-electron chi connectivity index (χ0n) is 12.5. The second-order valence-corrected chi connectivity index (χ2v) is 7.48. The molecule has 1 heterocycles. The molecule has 0 radical (unpaired) electrons. The molecule has 1 saturated heterocycles. The number of aryl methyl sites for hydroxylation is 1. The molecule has 1 aliphatic heterocycles. The number of hydrogen-bond donors (Lipinski definition) is 0. The highest BCUT2D eigenvalue weighted by atomic mass is 32.2. The van der Waals surface area contributed by atoms with Crippen molar-refractivity contribution in [2.45, 2.75) is 19.9 Å². The molecule has 6 heteroatoms. The van der Waals surface area contributed by atoms with Gasteiger partial charge in [-0.3, -0.25) is 4.90 Å². The molecule has 5 nitrogen and oxygen atoms in total. The lowest BCUT2D eigenvalue weighted by Gasteiger charge is -2.36. The minimum absolute atomic E-state index is 0.131. The summed E-state index contributed by atoms with van der Waals surface area (Å²) in [5.41, 5.74) is 2.10. The van der Waals surface area contributed by atoms with Crippen LogP contribution in [0.3, 0.4) is 0 Å². The third-order valence-electron chi connectivity index (χ3n) is 4.00. The van der Waals surface area contributed by atoms with E-state index in [2.05, 4.69) is 11.0 Å². The summed E-state index contributed by atoms with van der Waals surface area (Å²) < 4.78 is 25.3. The van der Waals surface area contributed by atoms with Crippen LogP contribution in [0.1, 0.15) is 24.1 Å². The van der Waals surface area contributed by atoms with Gasteiger partial charge in [0, 0.05) is 26.2 Å². The van der Waals surface area contributed by atoms with E-state index in [1.54, 1.807) is 6.92 Å². The van der Waals surface area contributed by atoms with E-state index >= 15 is 0 Å². The molecule has 0 spiro atoms. The van der Waals surface area contributed by atoms with E-state index in [0.717, 1.165) is 11.1 Å². The lowest BCUT2D eigenvalue weighted by Crippen LogP contribution is -2.49. The van der Waals surface area contributed by atoms with E-state index in [-0.39, 0.29) is 11.8 Å². The minimum atomic E-state index is -3.13. The maximum Gasteiger partial charge on any atom is 0.213 e. The SMILES string of the molecule is CCS(=O)(=O)N1CCN(C(C#N)c2ccccc2C)CC1. The Kier molecular flexibility index (Phi) is 4.99. The summed E-state index contributed by atoms with van der Waals surface area (Å²) in [6.45, 7) is 5.75. The van der Waals surface area contributed by atoms with Crippen molar-refractivity contribution in [1.82, 2.24) is 9.21 Å². The second-order valence-electron chi connectivity index (χ2n) is 5.22. The number of benzene rings is 1. The first-order valence-corrected chi connectivity index (χ1v) is 8.77. The monoisotopic (exact) mass is 307 g/mol. The molecule has 1 aromatic rings. The molecule has 0 aromatic heterocycles. The Labute approximate surface area is 126 Å². The highest BCUT2D eigenvalue weighted by Gasteiger charge is 2.30. The van der Waals surface area contributed by atoms with Crippen LogP contribution in [-0.2, 0) is 10.0 Å². The van der Waals surface area contributed by atoms with Gasteiger partial charge < -0.3 is 0 Å². The van der Waals surface area contributed by atoms with Crippen molar-refractivity contribution in [2.75, 3.05) is 31.9 Å². The Hall–Kier alpha value is -1.42.